The second kappa shape index (κ2) is 12.5. The zero-order chi connectivity index (χ0) is 17.8. The number of rotatable bonds is 11. The van der Waals surface area contributed by atoms with Crippen LogP contribution in [0, 0.1) is 0 Å². The number of hydrogen-bond donors (Lipinski definition) is 1. The number of carbonyl (C=O) groups is 1. The Morgan fingerprint density at radius 2 is 2.12 bits per heavy atom. The molecule has 24 heavy (non-hydrogen) atoms. The van der Waals surface area contributed by atoms with E-state index in [1.807, 2.05) is 18.2 Å². The lowest BCUT2D eigenvalue weighted by molar-refractivity contribution is -0.133. The summed E-state index contributed by atoms with van der Waals surface area (Å²) in [6, 6.07) is 10.1. The minimum atomic E-state index is -0.779. The SMILES string of the molecule is CN(C(=O)CC(O)/C=C/CCCl)C(CSC=S)Cc1ccccc1. The molecule has 132 valence electrons. The molecule has 0 saturated heterocycles. The van der Waals surface area contributed by atoms with Crippen LogP contribution in [0.25, 0.3) is 0 Å². The van der Waals surface area contributed by atoms with Gasteiger partial charge >= 0.3 is 0 Å². The summed E-state index contributed by atoms with van der Waals surface area (Å²) in [6.07, 6.45) is 4.17. The molecule has 0 bridgehead atoms. The summed E-state index contributed by atoms with van der Waals surface area (Å²) in [4.78, 5) is 14.2. The van der Waals surface area contributed by atoms with Crippen molar-refractivity contribution >= 4 is 46.2 Å². The number of hydrogen-bond acceptors (Lipinski definition) is 4. The van der Waals surface area contributed by atoms with Crippen molar-refractivity contribution in [2.75, 3.05) is 18.7 Å². The topological polar surface area (TPSA) is 40.5 Å². The fourth-order valence-electron chi connectivity index (χ4n) is 2.26. The lowest BCUT2D eigenvalue weighted by Gasteiger charge is -2.28. The first-order valence-electron chi connectivity index (χ1n) is 7.84. The zero-order valence-corrected chi connectivity index (χ0v) is 16.2. The lowest BCUT2D eigenvalue weighted by Crippen LogP contribution is -2.41. The Kier molecular flexibility index (Phi) is 11.0. The maximum absolute atomic E-state index is 12.4. The van der Waals surface area contributed by atoms with Crippen LogP contribution in [0.1, 0.15) is 18.4 Å². The first kappa shape index (κ1) is 21.2. The van der Waals surface area contributed by atoms with Gasteiger partial charge in [-0.3, -0.25) is 4.79 Å². The summed E-state index contributed by atoms with van der Waals surface area (Å²) in [5.41, 5.74) is 1.18. The molecule has 0 spiro atoms. The Labute approximate surface area is 159 Å². The number of amides is 1. The van der Waals surface area contributed by atoms with Crippen molar-refractivity contribution in [3.05, 3.63) is 48.0 Å². The maximum atomic E-state index is 12.4. The molecule has 1 aromatic rings. The normalized spacial score (nSPS) is 13.6. The minimum absolute atomic E-state index is 0.0307. The van der Waals surface area contributed by atoms with Crippen LogP contribution in [-0.4, -0.2) is 51.4 Å². The first-order chi connectivity index (χ1) is 11.6. The van der Waals surface area contributed by atoms with E-state index in [0.29, 0.717) is 12.3 Å². The predicted octanol–water partition coefficient (Wildman–Crippen LogP) is 3.68. The van der Waals surface area contributed by atoms with Crippen LogP contribution in [-0.2, 0) is 11.2 Å². The molecule has 0 saturated carbocycles. The number of benzene rings is 1. The largest absolute Gasteiger partial charge is 0.389 e. The van der Waals surface area contributed by atoms with E-state index in [1.165, 1.54) is 17.3 Å². The van der Waals surface area contributed by atoms with E-state index < -0.39 is 6.10 Å². The Morgan fingerprint density at radius 3 is 2.75 bits per heavy atom. The van der Waals surface area contributed by atoms with E-state index in [-0.39, 0.29) is 18.4 Å². The smallest absolute Gasteiger partial charge is 0.225 e. The van der Waals surface area contributed by atoms with Crippen molar-refractivity contribution in [2.24, 2.45) is 0 Å². The number of halogens is 1. The van der Waals surface area contributed by atoms with Gasteiger partial charge in [0.05, 0.1) is 12.5 Å². The van der Waals surface area contributed by atoms with Gasteiger partial charge < -0.3 is 10.0 Å². The first-order valence-corrected chi connectivity index (χ1v) is 9.89. The van der Waals surface area contributed by atoms with Gasteiger partial charge in [0, 0.05) is 29.4 Å². The van der Waals surface area contributed by atoms with Gasteiger partial charge in [-0.05, 0) is 18.4 Å². The van der Waals surface area contributed by atoms with Crippen molar-refractivity contribution in [1.29, 1.82) is 0 Å². The summed E-state index contributed by atoms with van der Waals surface area (Å²) in [7, 11) is 1.79. The Balaban J connectivity index is 2.66. The summed E-state index contributed by atoms with van der Waals surface area (Å²) in [5.74, 6) is 1.16. The van der Waals surface area contributed by atoms with Crippen molar-refractivity contribution in [1.82, 2.24) is 4.90 Å². The van der Waals surface area contributed by atoms with E-state index in [2.05, 4.69) is 12.1 Å². The van der Waals surface area contributed by atoms with Gasteiger partial charge in [0.25, 0.3) is 0 Å². The summed E-state index contributed by atoms with van der Waals surface area (Å²) in [5, 5.41) is 9.94. The molecule has 0 aliphatic rings. The van der Waals surface area contributed by atoms with Gasteiger partial charge in [-0.1, -0.05) is 54.7 Å². The van der Waals surface area contributed by atoms with Gasteiger partial charge in [-0.2, -0.15) is 0 Å². The monoisotopic (exact) mass is 385 g/mol. The second-order valence-corrected chi connectivity index (χ2v) is 7.27. The van der Waals surface area contributed by atoms with Crippen molar-refractivity contribution in [2.45, 2.75) is 31.4 Å². The van der Waals surface area contributed by atoms with Gasteiger partial charge in [0.1, 0.15) is 0 Å². The van der Waals surface area contributed by atoms with Crippen molar-refractivity contribution in [3.63, 3.8) is 0 Å². The Hall–Kier alpha value is -0.880. The van der Waals surface area contributed by atoms with Crippen LogP contribution in [0.4, 0.5) is 0 Å². The standard InChI is InChI=1S/C18H24ClNO2S2/c1-20(18(22)12-17(21)9-5-6-10-19)16(13-24-14-23)11-15-7-3-2-4-8-15/h2-5,7-9,14,16-17,21H,6,10-13H2,1H3/b9-5+. The Morgan fingerprint density at radius 1 is 1.42 bits per heavy atom. The third kappa shape index (κ3) is 8.29. The highest BCUT2D eigenvalue weighted by Crippen LogP contribution is 2.14. The molecular formula is C18H24ClNO2S2. The van der Waals surface area contributed by atoms with Gasteiger partial charge in [0.2, 0.25) is 5.91 Å². The molecule has 2 unspecified atom stereocenters. The molecule has 2 atom stereocenters. The number of aliphatic hydroxyl groups excluding tert-OH is 1. The minimum Gasteiger partial charge on any atom is -0.389 e. The van der Waals surface area contributed by atoms with Crippen LogP contribution < -0.4 is 0 Å². The molecule has 0 aromatic heterocycles. The number of nitrogens with zero attached hydrogens (tertiary/aromatic N) is 1. The highest BCUT2D eigenvalue weighted by molar-refractivity contribution is 8.20. The van der Waals surface area contributed by atoms with E-state index in [1.54, 1.807) is 28.8 Å². The zero-order valence-electron chi connectivity index (χ0n) is 13.8. The summed E-state index contributed by atoms with van der Waals surface area (Å²) in [6.45, 7) is 0. The molecule has 3 nitrogen and oxygen atoms in total. The van der Waals surface area contributed by atoms with Crippen LogP contribution in [0.15, 0.2) is 42.5 Å². The third-order valence-corrected chi connectivity index (χ3v) is 4.97. The van der Waals surface area contributed by atoms with Gasteiger partial charge in [0.15, 0.2) is 0 Å². The molecule has 1 rings (SSSR count). The lowest BCUT2D eigenvalue weighted by atomic mass is 10.1. The predicted molar refractivity (Wildman–Crippen MR) is 108 cm³/mol. The van der Waals surface area contributed by atoms with Crippen LogP contribution in [0.5, 0.6) is 0 Å². The quantitative estimate of drug-likeness (QED) is 0.358. The highest BCUT2D eigenvalue weighted by atomic mass is 35.5. The summed E-state index contributed by atoms with van der Waals surface area (Å²) < 4.78 is 1.63. The molecular weight excluding hydrogens is 362 g/mol. The second-order valence-electron chi connectivity index (χ2n) is 5.46. The van der Waals surface area contributed by atoms with Crippen molar-refractivity contribution in [3.8, 4) is 0 Å². The van der Waals surface area contributed by atoms with Crippen molar-refractivity contribution < 1.29 is 9.90 Å². The average molecular weight is 386 g/mol. The number of thiocarbonyl (C=S) groups is 1. The molecule has 0 heterocycles. The van der Waals surface area contributed by atoms with E-state index in [4.69, 9.17) is 23.8 Å². The maximum Gasteiger partial charge on any atom is 0.225 e. The molecule has 1 amide bonds. The van der Waals surface area contributed by atoms with E-state index in [0.717, 1.165) is 12.2 Å². The van der Waals surface area contributed by atoms with Crippen LogP contribution in [0.3, 0.4) is 0 Å². The number of thioether (sulfide) groups is 1. The van der Waals surface area contributed by atoms with Gasteiger partial charge in [-0.15, -0.1) is 23.4 Å². The van der Waals surface area contributed by atoms with E-state index >= 15 is 0 Å². The average Bonchev–Trinajstić information content (AvgIpc) is 2.59. The molecule has 1 aromatic carbocycles. The third-order valence-electron chi connectivity index (χ3n) is 3.63. The number of aliphatic hydroxyl groups is 1. The molecule has 1 N–H and O–H groups in total. The van der Waals surface area contributed by atoms with Gasteiger partial charge in [-0.25, -0.2) is 0 Å². The molecule has 6 heteroatoms. The molecule has 0 aliphatic carbocycles. The highest BCUT2D eigenvalue weighted by Gasteiger charge is 2.21. The molecule has 0 radical (unpaired) electrons. The summed E-state index contributed by atoms with van der Waals surface area (Å²) >= 11 is 12.0. The fraction of sp³-hybridized carbons (Fsp3) is 0.444. The number of allylic oxidation sites excluding steroid dienone is 1. The van der Waals surface area contributed by atoms with E-state index in [9.17, 15) is 9.90 Å². The molecule has 0 aliphatic heterocycles. The van der Waals surface area contributed by atoms with Crippen LogP contribution in [0.2, 0.25) is 0 Å². The molecule has 0 fully saturated rings. The number of alkyl halides is 1. The number of carbonyl (C=O) groups excluding carboxylic acids is 1. The number of likely N-dealkylation sites (N-methyl/N-ethyl adjacent to an activating group) is 1. The Bertz CT molecular complexity index is 525. The fourth-order valence-corrected chi connectivity index (χ4v) is 3.26. The van der Waals surface area contributed by atoms with Crippen LogP contribution >= 0.6 is 35.6 Å².